The molecule has 0 spiro atoms. The Hall–Kier alpha value is -1.32. The van der Waals surface area contributed by atoms with Crippen LogP contribution < -0.4 is 5.32 Å². The van der Waals surface area contributed by atoms with Gasteiger partial charge < -0.3 is 5.32 Å². The van der Waals surface area contributed by atoms with Crippen LogP contribution in [0.15, 0.2) is 53.4 Å². The number of hydrogen-bond acceptors (Lipinski definition) is 2. The molecule has 0 atom stereocenters. The topological polar surface area (TPSA) is 12.0 Å². The van der Waals surface area contributed by atoms with Crippen molar-refractivity contribution in [2.45, 2.75) is 37.1 Å². The molecule has 2 aromatic carbocycles. The van der Waals surface area contributed by atoms with Crippen LogP contribution in [0, 0.1) is 5.82 Å². The highest BCUT2D eigenvalue weighted by molar-refractivity contribution is 7.98. The normalized spacial score (nSPS) is 11.0. The monoisotopic (exact) mass is 289 g/mol. The fourth-order valence-electron chi connectivity index (χ4n) is 1.83. The Morgan fingerprint density at radius 1 is 1.05 bits per heavy atom. The van der Waals surface area contributed by atoms with E-state index in [-0.39, 0.29) is 5.82 Å². The number of rotatable bonds is 6. The van der Waals surface area contributed by atoms with Gasteiger partial charge in [-0.25, -0.2) is 4.39 Å². The van der Waals surface area contributed by atoms with E-state index < -0.39 is 0 Å². The predicted molar refractivity (Wildman–Crippen MR) is 84.4 cm³/mol. The maximum atomic E-state index is 14.0. The summed E-state index contributed by atoms with van der Waals surface area (Å²) in [5.41, 5.74) is 2.20. The number of hydrogen-bond donors (Lipinski definition) is 1. The predicted octanol–water partition coefficient (Wildman–Crippen LogP) is 4.62. The van der Waals surface area contributed by atoms with E-state index in [1.54, 1.807) is 6.07 Å². The Morgan fingerprint density at radius 3 is 2.45 bits per heavy atom. The van der Waals surface area contributed by atoms with Crippen molar-refractivity contribution in [2.24, 2.45) is 0 Å². The molecule has 0 unspecified atom stereocenters. The molecule has 0 heterocycles. The van der Waals surface area contributed by atoms with Crippen molar-refractivity contribution in [3.05, 3.63) is 65.5 Å². The Labute approximate surface area is 124 Å². The standard InChI is InChI=1S/C17H20FNS/c1-13(2)19-11-15-8-9-17(16(18)10-15)20-12-14-6-4-3-5-7-14/h3-10,13,19H,11-12H2,1-2H3. The minimum Gasteiger partial charge on any atom is -0.310 e. The molecule has 1 nitrogen and oxygen atoms in total. The number of thioether (sulfide) groups is 1. The van der Waals surface area contributed by atoms with Crippen molar-refractivity contribution in [1.29, 1.82) is 0 Å². The largest absolute Gasteiger partial charge is 0.310 e. The van der Waals surface area contributed by atoms with Crippen molar-refractivity contribution in [1.82, 2.24) is 5.32 Å². The molecule has 2 rings (SSSR count). The van der Waals surface area contributed by atoms with Crippen molar-refractivity contribution >= 4 is 11.8 Å². The Morgan fingerprint density at radius 2 is 1.80 bits per heavy atom. The quantitative estimate of drug-likeness (QED) is 0.779. The van der Waals surface area contributed by atoms with Gasteiger partial charge in [0.1, 0.15) is 5.82 Å². The Bertz CT molecular complexity index is 540. The van der Waals surface area contributed by atoms with Gasteiger partial charge in [0.2, 0.25) is 0 Å². The molecule has 0 aliphatic heterocycles. The van der Waals surface area contributed by atoms with Gasteiger partial charge in [0.15, 0.2) is 0 Å². The third-order valence-electron chi connectivity index (χ3n) is 2.95. The summed E-state index contributed by atoms with van der Waals surface area (Å²) in [6.45, 7) is 4.87. The molecule has 3 heteroatoms. The number of benzene rings is 2. The van der Waals surface area contributed by atoms with Crippen LogP contribution in [0.4, 0.5) is 4.39 Å². The van der Waals surface area contributed by atoms with Crippen LogP contribution >= 0.6 is 11.8 Å². The van der Waals surface area contributed by atoms with Crippen LogP contribution in [0.2, 0.25) is 0 Å². The summed E-state index contributed by atoms with van der Waals surface area (Å²) in [5.74, 6) is 0.662. The van der Waals surface area contributed by atoms with Crippen molar-refractivity contribution in [3.63, 3.8) is 0 Å². The Kier molecular flexibility index (Phi) is 5.62. The van der Waals surface area contributed by atoms with E-state index in [9.17, 15) is 4.39 Å². The number of nitrogens with one attached hydrogen (secondary N) is 1. The molecule has 1 N–H and O–H groups in total. The molecule has 20 heavy (non-hydrogen) atoms. The molecule has 106 valence electrons. The third kappa shape index (κ3) is 4.66. The van der Waals surface area contributed by atoms with Crippen molar-refractivity contribution in [2.75, 3.05) is 0 Å². The fourth-order valence-corrected chi connectivity index (χ4v) is 2.70. The van der Waals surface area contributed by atoms with Crippen LogP contribution in [0.1, 0.15) is 25.0 Å². The lowest BCUT2D eigenvalue weighted by atomic mass is 10.2. The van der Waals surface area contributed by atoms with E-state index in [1.165, 1.54) is 17.3 Å². The molecule has 0 radical (unpaired) electrons. The first kappa shape index (κ1) is 15.1. The second-order valence-corrected chi connectivity index (χ2v) is 6.09. The first-order chi connectivity index (χ1) is 9.65. The zero-order chi connectivity index (χ0) is 14.4. The van der Waals surface area contributed by atoms with Crippen molar-refractivity contribution in [3.8, 4) is 0 Å². The minimum absolute atomic E-state index is 0.131. The van der Waals surface area contributed by atoms with E-state index in [1.807, 2.05) is 30.3 Å². The van der Waals surface area contributed by atoms with Gasteiger partial charge in [0.05, 0.1) is 0 Å². The molecule has 0 aliphatic rings. The molecular formula is C17H20FNS. The molecule has 0 saturated heterocycles. The van der Waals surface area contributed by atoms with Gasteiger partial charge in [0.25, 0.3) is 0 Å². The summed E-state index contributed by atoms with van der Waals surface area (Å²) in [5, 5.41) is 3.29. The van der Waals surface area contributed by atoms with Crippen LogP contribution in [0.3, 0.4) is 0 Å². The van der Waals surface area contributed by atoms with Crippen molar-refractivity contribution < 1.29 is 4.39 Å². The first-order valence-electron chi connectivity index (χ1n) is 6.83. The smallest absolute Gasteiger partial charge is 0.137 e. The summed E-state index contributed by atoms with van der Waals surface area (Å²) >= 11 is 1.54. The maximum Gasteiger partial charge on any atom is 0.137 e. The summed E-state index contributed by atoms with van der Waals surface area (Å²) in [6, 6.07) is 16.0. The third-order valence-corrected chi connectivity index (χ3v) is 4.07. The zero-order valence-corrected chi connectivity index (χ0v) is 12.7. The molecule has 0 fully saturated rings. The van der Waals surface area contributed by atoms with E-state index in [4.69, 9.17) is 0 Å². The fraction of sp³-hybridized carbons (Fsp3) is 0.294. The van der Waals surface area contributed by atoms with Gasteiger partial charge in [-0.2, -0.15) is 0 Å². The first-order valence-corrected chi connectivity index (χ1v) is 7.82. The molecule has 0 aliphatic carbocycles. The van der Waals surface area contributed by atoms with Gasteiger partial charge in [-0.15, -0.1) is 11.8 Å². The SMILES string of the molecule is CC(C)NCc1ccc(SCc2ccccc2)c(F)c1. The summed E-state index contributed by atoms with van der Waals surface area (Å²) in [7, 11) is 0. The number of halogens is 1. The maximum absolute atomic E-state index is 14.0. The van der Waals surface area contributed by atoms with E-state index in [0.717, 1.165) is 11.3 Å². The highest BCUT2D eigenvalue weighted by Crippen LogP contribution is 2.26. The molecule has 0 aromatic heterocycles. The van der Waals surface area contributed by atoms with Gasteiger partial charge in [-0.05, 0) is 23.3 Å². The Balaban J connectivity index is 1.95. The molecular weight excluding hydrogens is 269 g/mol. The lowest BCUT2D eigenvalue weighted by Gasteiger charge is -2.09. The molecule has 0 bridgehead atoms. The van der Waals surface area contributed by atoms with E-state index >= 15 is 0 Å². The summed E-state index contributed by atoms with van der Waals surface area (Å²) in [4.78, 5) is 0.710. The highest BCUT2D eigenvalue weighted by atomic mass is 32.2. The van der Waals surface area contributed by atoms with Crippen LogP contribution in [-0.4, -0.2) is 6.04 Å². The van der Waals surface area contributed by atoms with E-state index in [0.29, 0.717) is 17.5 Å². The second-order valence-electron chi connectivity index (χ2n) is 5.07. The molecule has 2 aromatic rings. The van der Waals surface area contributed by atoms with Crippen LogP contribution in [0.25, 0.3) is 0 Å². The lowest BCUT2D eigenvalue weighted by Crippen LogP contribution is -2.21. The highest BCUT2D eigenvalue weighted by Gasteiger charge is 2.05. The van der Waals surface area contributed by atoms with E-state index in [2.05, 4.69) is 31.3 Å². The second kappa shape index (κ2) is 7.46. The molecule has 0 amide bonds. The summed E-state index contributed by atoms with van der Waals surface area (Å²) < 4.78 is 14.0. The average Bonchev–Trinajstić information content (AvgIpc) is 2.45. The van der Waals surface area contributed by atoms with Gasteiger partial charge in [0, 0.05) is 23.2 Å². The van der Waals surface area contributed by atoms with Crippen LogP contribution in [0.5, 0.6) is 0 Å². The average molecular weight is 289 g/mol. The minimum atomic E-state index is -0.131. The zero-order valence-electron chi connectivity index (χ0n) is 11.9. The summed E-state index contributed by atoms with van der Waals surface area (Å²) in [6.07, 6.45) is 0. The van der Waals surface area contributed by atoms with Gasteiger partial charge in [-0.1, -0.05) is 50.2 Å². The lowest BCUT2D eigenvalue weighted by molar-refractivity contribution is 0.574. The van der Waals surface area contributed by atoms with Crippen LogP contribution in [-0.2, 0) is 12.3 Å². The van der Waals surface area contributed by atoms with Gasteiger partial charge >= 0.3 is 0 Å². The molecule has 0 saturated carbocycles. The van der Waals surface area contributed by atoms with Gasteiger partial charge in [-0.3, -0.25) is 0 Å².